The maximum atomic E-state index is 12.4. The average molecular weight is 667 g/mol. The summed E-state index contributed by atoms with van der Waals surface area (Å²) in [4.78, 5) is 12.4. The molecule has 0 saturated carbocycles. The first-order chi connectivity index (χ1) is 22.2. The van der Waals surface area contributed by atoms with Crippen LogP contribution in [0.3, 0.4) is 0 Å². The third-order valence-corrected chi connectivity index (χ3v) is 15.7. The molecule has 0 bridgehead atoms. The molecule has 47 heavy (non-hydrogen) atoms. The van der Waals surface area contributed by atoms with Crippen LogP contribution in [0.5, 0.6) is 0 Å². The molecule has 4 heterocycles. The van der Waals surface area contributed by atoms with Crippen molar-refractivity contribution in [2.45, 2.75) is 134 Å². The first-order valence-electron chi connectivity index (χ1n) is 17.5. The van der Waals surface area contributed by atoms with E-state index in [-0.39, 0.29) is 47.9 Å². The predicted octanol–water partition coefficient (Wildman–Crippen LogP) is 5.48. The van der Waals surface area contributed by atoms with Gasteiger partial charge in [-0.25, -0.2) is 0 Å². The van der Waals surface area contributed by atoms with Crippen LogP contribution in [0.4, 0.5) is 0 Å². The van der Waals surface area contributed by atoms with Gasteiger partial charge in [0.1, 0.15) is 12.7 Å². The van der Waals surface area contributed by atoms with E-state index in [1.807, 2.05) is 20.8 Å². The van der Waals surface area contributed by atoms with Gasteiger partial charge >= 0.3 is 5.97 Å². The van der Waals surface area contributed by atoms with Gasteiger partial charge in [-0.3, -0.25) is 4.79 Å². The van der Waals surface area contributed by atoms with Crippen molar-refractivity contribution in [3.8, 4) is 0 Å². The summed E-state index contributed by atoms with van der Waals surface area (Å²) in [6, 6.07) is 21.4. The molecule has 2 aromatic rings. The van der Waals surface area contributed by atoms with Gasteiger partial charge < -0.3 is 33.2 Å². The Hall–Kier alpha value is -2.11. The summed E-state index contributed by atoms with van der Waals surface area (Å²) in [5.74, 6) is -2.28. The Morgan fingerprint density at radius 1 is 0.830 bits per heavy atom. The molecule has 6 rings (SSSR count). The van der Waals surface area contributed by atoms with Crippen molar-refractivity contribution >= 4 is 24.7 Å². The molecule has 4 fully saturated rings. The highest BCUT2D eigenvalue weighted by Gasteiger charge is 2.63. The van der Waals surface area contributed by atoms with Crippen LogP contribution in [-0.2, 0) is 32.9 Å². The van der Waals surface area contributed by atoms with Crippen molar-refractivity contribution in [1.82, 2.24) is 0 Å². The van der Waals surface area contributed by atoms with Crippen molar-refractivity contribution in [3.05, 3.63) is 60.7 Å². The van der Waals surface area contributed by atoms with Gasteiger partial charge in [0.25, 0.3) is 8.32 Å². The summed E-state index contributed by atoms with van der Waals surface area (Å²) < 4.78 is 39.5. The molecule has 4 aliphatic heterocycles. The Balaban J connectivity index is 1.14. The normalized spacial score (nSPS) is 34.5. The standard InChI is InChI=1S/C38H54O8Si/c1-26-22-31-32(45-37(26)20-21-38(46-37)33(39)19-18-27(44-38)24-41-34(40)35(2,3)4)23-28(43-31)25-42-47(36(5,6)7,29-14-10-8-11-15-29)30-16-12-9-13-17-30/h8-17,26-28,31-33,39H,18-25H2,1-7H3/t26-,27-,28+,31-,32-,33+,37-,38+/m0/s1. The molecular formula is C38H54O8Si. The topological polar surface area (TPSA) is 92.7 Å². The zero-order valence-corrected chi connectivity index (χ0v) is 30.2. The van der Waals surface area contributed by atoms with Gasteiger partial charge in [0.05, 0.1) is 36.4 Å². The molecule has 258 valence electrons. The number of hydrogen-bond acceptors (Lipinski definition) is 8. The maximum absolute atomic E-state index is 12.4. The van der Waals surface area contributed by atoms with E-state index in [1.54, 1.807) is 0 Å². The van der Waals surface area contributed by atoms with Crippen LogP contribution in [0.2, 0.25) is 5.04 Å². The fraction of sp³-hybridized carbons (Fsp3) is 0.658. The van der Waals surface area contributed by atoms with Gasteiger partial charge in [0, 0.05) is 25.2 Å². The fourth-order valence-electron chi connectivity index (χ4n) is 8.10. The Labute approximate surface area is 281 Å². The molecule has 0 amide bonds. The van der Waals surface area contributed by atoms with E-state index >= 15 is 0 Å². The lowest BCUT2D eigenvalue weighted by Crippen LogP contribution is -2.67. The molecule has 1 N–H and O–H groups in total. The molecule has 8 nitrogen and oxygen atoms in total. The number of hydrogen-bond donors (Lipinski definition) is 1. The molecule has 0 unspecified atom stereocenters. The van der Waals surface area contributed by atoms with Crippen LogP contribution in [-0.4, -0.2) is 74.7 Å². The Morgan fingerprint density at radius 3 is 2.04 bits per heavy atom. The SMILES string of the molecule is C[C@H]1C[C@@H]2O[C@@H](CO[Si](c3ccccc3)(c3ccccc3)C(C)(C)C)C[C@@H]2O[C@]12CC[C@@]1(O[C@H](COC(=O)C(C)(C)C)CC[C@H]1O)O2. The lowest BCUT2D eigenvalue weighted by molar-refractivity contribution is -0.396. The second-order valence-corrected chi connectivity index (χ2v) is 20.5. The lowest BCUT2D eigenvalue weighted by Gasteiger charge is -2.47. The molecule has 0 aliphatic carbocycles. The van der Waals surface area contributed by atoms with E-state index in [9.17, 15) is 9.90 Å². The highest BCUT2D eigenvalue weighted by Crippen LogP contribution is 2.53. The first-order valence-corrected chi connectivity index (χ1v) is 19.4. The summed E-state index contributed by atoms with van der Waals surface area (Å²) in [6.45, 7) is 15.1. The van der Waals surface area contributed by atoms with E-state index < -0.39 is 31.4 Å². The molecule has 2 aromatic carbocycles. The summed E-state index contributed by atoms with van der Waals surface area (Å²) in [5, 5.41) is 13.5. The number of benzene rings is 2. The third kappa shape index (κ3) is 6.62. The second kappa shape index (κ2) is 13.0. The first kappa shape index (κ1) is 34.7. The van der Waals surface area contributed by atoms with Crippen molar-refractivity contribution < 1.29 is 38.0 Å². The minimum absolute atomic E-state index is 0.0365. The molecule has 0 aromatic heterocycles. The van der Waals surface area contributed by atoms with Crippen LogP contribution in [0.25, 0.3) is 0 Å². The van der Waals surface area contributed by atoms with Gasteiger partial charge in [0.15, 0.2) is 11.6 Å². The quantitative estimate of drug-likeness (QED) is 0.307. The number of ether oxygens (including phenoxy) is 5. The zero-order chi connectivity index (χ0) is 33.7. The molecule has 8 atom stereocenters. The Kier molecular flexibility index (Phi) is 9.59. The zero-order valence-electron chi connectivity index (χ0n) is 29.2. The van der Waals surface area contributed by atoms with Crippen LogP contribution in [0, 0.1) is 11.3 Å². The Morgan fingerprint density at radius 2 is 1.45 bits per heavy atom. The Bertz CT molecular complexity index is 1330. The van der Waals surface area contributed by atoms with E-state index in [0.29, 0.717) is 38.7 Å². The van der Waals surface area contributed by atoms with Crippen LogP contribution in [0.15, 0.2) is 60.7 Å². The van der Waals surface area contributed by atoms with Gasteiger partial charge in [-0.1, -0.05) is 88.4 Å². The molecule has 0 radical (unpaired) electrons. The van der Waals surface area contributed by atoms with Crippen molar-refractivity contribution in [3.63, 3.8) is 0 Å². The number of carbonyl (C=O) groups excluding carboxylic acids is 1. The number of rotatable bonds is 7. The van der Waals surface area contributed by atoms with Crippen LogP contribution >= 0.6 is 0 Å². The highest BCUT2D eigenvalue weighted by molar-refractivity contribution is 6.99. The van der Waals surface area contributed by atoms with Gasteiger partial charge in [0.2, 0.25) is 0 Å². The molecule has 2 spiro atoms. The van der Waals surface area contributed by atoms with E-state index in [0.717, 1.165) is 6.42 Å². The molecule has 4 aliphatic rings. The number of aliphatic hydroxyl groups is 1. The molecular weight excluding hydrogens is 612 g/mol. The van der Waals surface area contributed by atoms with E-state index in [4.69, 9.17) is 28.1 Å². The average Bonchev–Trinajstić information content (AvgIpc) is 3.59. The maximum Gasteiger partial charge on any atom is 0.311 e. The van der Waals surface area contributed by atoms with Crippen molar-refractivity contribution in [2.24, 2.45) is 11.3 Å². The minimum atomic E-state index is -2.70. The van der Waals surface area contributed by atoms with Crippen molar-refractivity contribution in [1.29, 1.82) is 0 Å². The minimum Gasteiger partial charge on any atom is -0.463 e. The fourth-order valence-corrected chi connectivity index (χ4v) is 12.7. The van der Waals surface area contributed by atoms with E-state index in [2.05, 4.69) is 88.4 Å². The second-order valence-electron chi connectivity index (χ2n) is 16.2. The smallest absolute Gasteiger partial charge is 0.311 e. The molecule has 4 saturated heterocycles. The third-order valence-electron chi connectivity index (χ3n) is 10.7. The van der Waals surface area contributed by atoms with Gasteiger partial charge in [-0.2, -0.15) is 0 Å². The van der Waals surface area contributed by atoms with Crippen LogP contribution in [0.1, 0.15) is 87.0 Å². The summed E-state index contributed by atoms with van der Waals surface area (Å²) in [7, 11) is -2.70. The van der Waals surface area contributed by atoms with Gasteiger partial charge in [-0.15, -0.1) is 0 Å². The number of esters is 1. The number of aliphatic hydroxyl groups excluding tert-OH is 1. The number of carbonyl (C=O) groups is 1. The van der Waals surface area contributed by atoms with E-state index in [1.165, 1.54) is 10.4 Å². The largest absolute Gasteiger partial charge is 0.463 e. The predicted molar refractivity (Wildman–Crippen MR) is 182 cm³/mol. The number of fused-ring (bicyclic) bond motifs is 1. The summed E-state index contributed by atoms with van der Waals surface area (Å²) in [6.07, 6.45) is 2.32. The lowest BCUT2D eigenvalue weighted by atomic mass is 9.86. The monoisotopic (exact) mass is 666 g/mol. The summed E-state index contributed by atoms with van der Waals surface area (Å²) >= 11 is 0. The van der Waals surface area contributed by atoms with Crippen LogP contribution < -0.4 is 10.4 Å². The summed E-state index contributed by atoms with van der Waals surface area (Å²) in [5.41, 5.74) is -0.590. The van der Waals surface area contributed by atoms with Gasteiger partial charge in [-0.05, 0) is 55.4 Å². The highest BCUT2D eigenvalue weighted by atomic mass is 28.4. The van der Waals surface area contributed by atoms with Crippen molar-refractivity contribution in [2.75, 3.05) is 13.2 Å². The molecule has 9 heteroatoms.